The first-order chi connectivity index (χ1) is 14.1. The van der Waals surface area contributed by atoms with E-state index in [0.29, 0.717) is 12.4 Å². The molecule has 1 aromatic carbocycles. The molecule has 3 N–H and O–H groups in total. The lowest BCUT2D eigenvalue weighted by atomic mass is 10.1. The van der Waals surface area contributed by atoms with Crippen molar-refractivity contribution in [3.63, 3.8) is 0 Å². The number of hydrogen-bond donors (Lipinski definition) is 3. The molecule has 1 atom stereocenters. The van der Waals surface area contributed by atoms with Crippen LogP contribution in [0.4, 0.5) is 23.1 Å². The normalized spacial score (nSPS) is 19.7. The van der Waals surface area contributed by atoms with Gasteiger partial charge in [0, 0.05) is 48.7 Å². The molecule has 0 radical (unpaired) electrons. The van der Waals surface area contributed by atoms with Gasteiger partial charge in [0.05, 0.1) is 6.10 Å². The van der Waals surface area contributed by atoms with Crippen LogP contribution in [-0.4, -0.2) is 51.6 Å². The van der Waals surface area contributed by atoms with Crippen molar-refractivity contribution in [1.82, 2.24) is 9.97 Å². The Bertz CT molecular complexity index is 816. The first-order valence-corrected chi connectivity index (χ1v) is 10.7. The number of benzene rings is 1. The molecular formula is C22H31N5O2. The Morgan fingerprint density at radius 1 is 1.10 bits per heavy atom. The summed E-state index contributed by atoms with van der Waals surface area (Å²) in [7, 11) is 0. The lowest BCUT2D eigenvalue weighted by Gasteiger charge is -2.31. The molecule has 156 valence electrons. The minimum Gasteiger partial charge on any atom is -0.393 e. The Balaban J connectivity index is 1.48. The molecule has 3 heterocycles. The summed E-state index contributed by atoms with van der Waals surface area (Å²) in [5.41, 5.74) is 3.09. The van der Waals surface area contributed by atoms with Crippen molar-refractivity contribution < 1.29 is 10.2 Å². The highest BCUT2D eigenvalue weighted by atomic mass is 16.3. The minimum atomic E-state index is -0.526. The topological polar surface area (TPSA) is 84.8 Å². The Kier molecular flexibility index (Phi) is 5.87. The summed E-state index contributed by atoms with van der Waals surface area (Å²) in [6.45, 7) is 6.06. The quantitative estimate of drug-likeness (QED) is 0.691. The van der Waals surface area contributed by atoms with Crippen LogP contribution in [0.1, 0.15) is 45.1 Å². The zero-order valence-electron chi connectivity index (χ0n) is 17.3. The number of piperidine rings is 1. The number of aliphatic hydroxyl groups is 2. The van der Waals surface area contributed by atoms with Crippen LogP contribution in [-0.2, 0) is 6.42 Å². The average molecular weight is 398 g/mol. The number of nitrogens with zero attached hydrogens (tertiary/aromatic N) is 4. The molecule has 29 heavy (non-hydrogen) atoms. The molecular weight excluding hydrogens is 366 g/mol. The van der Waals surface area contributed by atoms with Crippen LogP contribution in [0.3, 0.4) is 0 Å². The van der Waals surface area contributed by atoms with Crippen LogP contribution in [0.15, 0.2) is 30.5 Å². The second kappa shape index (κ2) is 8.55. The maximum Gasteiger partial charge on any atom is 0.229 e. The van der Waals surface area contributed by atoms with E-state index in [4.69, 9.17) is 4.98 Å². The number of aliphatic hydroxyl groups excluding tert-OH is 2. The number of nitrogens with one attached hydrogen (secondary N) is 1. The van der Waals surface area contributed by atoms with Crippen molar-refractivity contribution in [2.75, 3.05) is 28.2 Å². The molecule has 0 spiro atoms. The van der Waals surface area contributed by atoms with Gasteiger partial charge < -0.3 is 25.3 Å². The molecule has 7 nitrogen and oxygen atoms in total. The van der Waals surface area contributed by atoms with Crippen LogP contribution < -0.4 is 15.1 Å². The SMILES string of the molecule is CCC(CC)N1c2nc(Nc3ccc(N4CCC(O)CC4)cc3)ncc2CC1O. The number of anilines is 4. The first kappa shape index (κ1) is 19.9. The van der Waals surface area contributed by atoms with E-state index in [-0.39, 0.29) is 12.1 Å². The molecule has 2 aromatic rings. The van der Waals surface area contributed by atoms with Crippen LogP contribution >= 0.6 is 0 Å². The molecule has 4 rings (SSSR count). The maximum absolute atomic E-state index is 10.5. The highest BCUT2D eigenvalue weighted by molar-refractivity contribution is 5.62. The number of rotatable bonds is 6. The Morgan fingerprint density at radius 3 is 2.45 bits per heavy atom. The Morgan fingerprint density at radius 2 is 1.79 bits per heavy atom. The molecule has 1 fully saturated rings. The lowest BCUT2D eigenvalue weighted by molar-refractivity contribution is 0.145. The number of fused-ring (bicyclic) bond motifs is 1. The fourth-order valence-corrected chi connectivity index (χ4v) is 4.37. The van der Waals surface area contributed by atoms with Crippen LogP contribution in [0, 0.1) is 0 Å². The van der Waals surface area contributed by atoms with Gasteiger partial charge in [-0.05, 0) is 49.9 Å². The van der Waals surface area contributed by atoms with Gasteiger partial charge in [-0.25, -0.2) is 4.98 Å². The zero-order valence-corrected chi connectivity index (χ0v) is 17.3. The van der Waals surface area contributed by atoms with Crippen molar-refractivity contribution in [1.29, 1.82) is 0 Å². The average Bonchev–Trinajstić information content (AvgIpc) is 3.06. The van der Waals surface area contributed by atoms with Crippen molar-refractivity contribution in [2.24, 2.45) is 0 Å². The van der Waals surface area contributed by atoms with Crippen molar-refractivity contribution in [3.8, 4) is 0 Å². The third-order valence-corrected chi connectivity index (χ3v) is 6.10. The van der Waals surface area contributed by atoms with E-state index in [0.717, 1.165) is 55.8 Å². The van der Waals surface area contributed by atoms with Gasteiger partial charge in [-0.15, -0.1) is 0 Å². The molecule has 0 saturated carbocycles. The van der Waals surface area contributed by atoms with Gasteiger partial charge in [-0.2, -0.15) is 4.98 Å². The highest BCUT2D eigenvalue weighted by Gasteiger charge is 2.33. The summed E-state index contributed by atoms with van der Waals surface area (Å²) in [6, 6.07) is 8.52. The molecule has 0 aliphatic carbocycles. The summed E-state index contributed by atoms with van der Waals surface area (Å²) in [4.78, 5) is 13.5. The fourth-order valence-electron chi connectivity index (χ4n) is 4.37. The van der Waals surface area contributed by atoms with Crippen molar-refractivity contribution >= 4 is 23.1 Å². The molecule has 2 aliphatic rings. The van der Waals surface area contributed by atoms with Gasteiger partial charge >= 0.3 is 0 Å². The standard InChI is InChI=1S/C22H31N5O2/c1-3-17(4-2)27-20(29)13-15-14-23-22(25-21(15)27)24-16-5-7-18(8-6-16)26-11-9-19(28)10-12-26/h5-8,14,17,19-20,28-29H,3-4,9-13H2,1-2H3,(H,23,24,25). The van der Waals surface area contributed by atoms with E-state index in [2.05, 4.69) is 41.2 Å². The summed E-state index contributed by atoms with van der Waals surface area (Å²) >= 11 is 0. The van der Waals surface area contributed by atoms with Gasteiger partial charge in [0.2, 0.25) is 5.95 Å². The van der Waals surface area contributed by atoms with Crippen molar-refractivity contribution in [3.05, 3.63) is 36.0 Å². The number of hydrogen-bond acceptors (Lipinski definition) is 7. The third-order valence-electron chi connectivity index (χ3n) is 6.10. The second-order valence-electron chi connectivity index (χ2n) is 7.99. The number of aromatic nitrogens is 2. The molecule has 7 heteroatoms. The van der Waals surface area contributed by atoms with Crippen LogP contribution in [0.2, 0.25) is 0 Å². The van der Waals surface area contributed by atoms with Gasteiger partial charge in [0.25, 0.3) is 0 Å². The van der Waals surface area contributed by atoms with Crippen LogP contribution in [0.5, 0.6) is 0 Å². The predicted molar refractivity (Wildman–Crippen MR) is 116 cm³/mol. The molecule has 1 saturated heterocycles. The van der Waals surface area contributed by atoms with E-state index < -0.39 is 6.23 Å². The van der Waals surface area contributed by atoms with E-state index in [9.17, 15) is 10.2 Å². The Labute approximate surface area is 172 Å². The van der Waals surface area contributed by atoms with E-state index in [1.54, 1.807) is 0 Å². The Hall–Kier alpha value is -2.38. The van der Waals surface area contributed by atoms with Gasteiger partial charge in [-0.3, -0.25) is 0 Å². The largest absolute Gasteiger partial charge is 0.393 e. The maximum atomic E-state index is 10.5. The molecule has 0 amide bonds. The summed E-state index contributed by atoms with van der Waals surface area (Å²) in [5.74, 6) is 1.38. The van der Waals surface area contributed by atoms with Crippen molar-refractivity contribution in [2.45, 2.75) is 64.3 Å². The first-order valence-electron chi connectivity index (χ1n) is 10.7. The molecule has 1 aromatic heterocycles. The summed E-state index contributed by atoms with van der Waals surface area (Å²) in [6.07, 6.45) is 5.28. The van der Waals surface area contributed by atoms with Gasteiger partial charge in [0.1, 0.15) is 12.0 Å². The second-order valence-corrected chi connectivity index (χ2v) is 7.99. The molecule has 2 aliphatic heterocycles. The molecule has 0 bridgehead atoms. The van der Waals surface area contributed by atoms with Crippen LogP contribution in [0.25, 0.3) is 0 Å². The lowest BCUT2D eigenvalue weighted by Crippen LogP contribution is -2.40. The monoisotopic (exact) mass is 397 g/mol. The highest BCUT2D eigenvalue weighted by Crippen LogP contribution is 2.33. The van der Waals surface area contributed by atoms with E-state index in [1.165, 1.54) is 5.69 Å². The summed E-state index contributed by atoms with van der Waals surface area (Å²) < 4.78 is 0. The third kappa shape index (κ3) is 4.16. The minimum absolute atomic E-state index is 0.165. The zero-order chi connectivity index (χ0) is 20.4. The fraction of sp³-hybridized carbons (Fsp3) is 0.545. The van der Waals surface area contributed by atoms with Gasteiger partial charge in [0.15, 0.2) is 0 Å². The van der Waals surface area contributed by atoms with Gasteiger partial charge in [-0.1, -0.05) is 13.8 Å². The predicted octanol–water partition coefficient (Wildman–Crippen LogP) is 3.05. The smallest absolute Gasteiger partial charge is 0.229 e. The van der Waals surface area contributed by atoms with E-state index in [1.807, 2.05) is 23.2 Å². The van der Waals surface area contributed by atoms with E-state index >= 15 is 0 Å². The summed E-state index contributed by atoms with van der Waals surface area (Å²) in [5, 5.41) is 23.5. The molecule has 1 unspecified atom stereocenters.